The van der Waals surface area contributed by atoms with Gasteiger partial charge < -0.3 is 9.84 Å². The third-order valence-electron chi connectivity index (χ3n) is 5.47. The van der Waals surface area contributed by atoms with Gasteiger partial charge in [-0.05, 0) is 55.0 Å². The molecular weight excluding hydrogens is 370 g/mol. The largest absolute Gasteiger partial charge is 0.494 e. The molecule has 0 amide bonds. The predicted molar refractivity (Wildman–Crippen MR) is 124 cm³/mol. The molecule has 30 heavy (non-hydrogen) atoms. The lowest BCUT2D eigenvalue weighted by Gasteiger charge is -2.25. The first-order valence-corrected chi connectivity index (χ1v) is 10.9. The third-order valence-corrected chi connectivity index (χ3v) is 5.47. The van der Waals surface area contributed by atoms with Gasteiger partial charge in [-0.25, -0.2) is 0 Å². The van der Waals surface area contributed by atoms with Gasteiger partial charge in [-0.3, -0.25) is 4.90 Å². The molecular formula is C27H33NO2. The summed E-state index contributed by atoms with van der Waals surface area (Å²) in [6.45, 7) is 5.36. The fourth-order valence-electron chi connectivity index (χ4n) is 3.94. The minimum absolute atomic E-state index is 0.177. The molecule has 0 unspecified atom stereocenters. The first-order valence-electron chi connectivity index (χ1n) is 10.9. The number of aliphatic hydroxyl groups is 1. The molecule has 0 bridgehead atoms. The molecule has 3 rings (SSSR count). The fourth-order valence-corrected chi connectivity index (χ4v) is 3.94. The average molecular weight is 404 g/mol. The lowest BCUT2D eigenvalue weighted by Crippen LogP contribution is -2.29. The van der Waals surface area contributed by atoms with Crippen molar-refractivity contribution >= 4 is 0 Å². The summed E-state index contributed by atoms with van der Waals surface area (Å²) in [5.41, 5.74) is 3.89. The minimum Gasteiger partial charge on any atom is -0.494 e. The first-order chi connectivity index (χ1) is 14.8. The molecule has 0 aliphatic carbocycles. The van der Waals surface area contributed by atoms with Crippen molar-refractivity contribution in [1.82, 2.24) is 4.90 Å². The zero-order valence-electron chi connectivity index (χ0n) is 17.9. The van der Waals surface area contributed by atoms with E-state index in [4.69, 9.17) is 4.74 Å². The number of hydrogen-bond acceptors (Lipinski definition) is 3. The molecule has 0 spiro atoms. The maximum absolute atomic E-state index is 9.57. The quantitative estimate of drug-likeness (QED) is 0.446. The Balaban J connectivity index is 1.74. The molecule has 3 nitrogen and oxygen atoms in total. The Hall–Kier alpha value is -2.62. The first kappa shape index (κ1) is 22.1. The molecule has 0 aliphatic heterocycles. The monoisotopic (exact) mass is 403 g/mol. The van der Waals surface area contributed by atoms with Gasteiger partial charge in [-0.15, -0.1) is 0 Å². The van der Waals surface area contributed by atoms with Gasteiger partial charge in [0.1, 0.15) is 5.75 Å². The Morgan fingerprint density at radius 3 is 2.20 bits per heavy atom. The Kier molecular flexibility index (Phi) is 8.95. The highest BCUT2D eigenvalue weighted by atomic mass is 16.5. The Bertz CT molecular complexity index is 851. The smallest absolute Gasteiger partial charge is 0.122 e. The van der Waals surface area contributed by atoms with Crippen molar-refractivity contribution in [1.29, 1.82) is 0 Å². The van der Waals surface area contributed by atoms with E-state index in [2.05, 4.69) is 77.7 Å². The van der Waals surface area contributed by atoms with E-state index in [-0.39, 0.29) is 6.61 Å². The number of nitrogens with zero attached hydrogens (tertiary/aromatic N) is 1. The summed E-state index contributed by atoms with van der Waals surface area (Å²) >= 11 is 0. The van der Waals surface area contributed by atoms with Crippen molar-refractivity contribution in [2.24, 2.45) is 0 Å². The van der Waals surface area contributed by atoms with Gasteiger partial charge >= 0.3 is 0 Å². The van der Waals surface area contributed by atoms with Crippen molar-refractivity contribution in [2.75, 3.05) is 26.3 Å². The van der Waals surface area contributed by atoms with Gasteiger partial charge in [0.25, 0.3) is 0 Å². The molecule has 0 aromatic heterocycles. The standard InChI is InChI=1S/C27H33NO2/c1-2-30-27-16-10-9-15-26(27)21-25(24-13-7-4-8-14-24)17-18-28(19-20-29)22-23-11-5-3-6-12-23/h3-16,25,29H,2,17-22H2,1H3/t25-/m0/s1. The van der Waals surface area contributed by atoms with E-state index in [1.165, 1.54) is 16.7 Å². The van der Waals surface area contributed by atoms with Gasteiger partial charge in [0, 0.05) is 13.1 Å². The number of para-hydroxylation sites is 1. The number of ether oxygens (including phenoxy) is 1. The summed E-state index contributed by atoms with van der Waals surface area (Å²) in [4.78, 5) is 2.35. The second-order valence-corrected chi connectivity index (χ2v) is 7.63. The van der Waals surface area contributed by atoms with Crippen molar-refractivity contribution < 1.29 is 9.84 Å². The van der Waals surface area contributed by atoms with Crippen LogP contribution in [0.25, 0.3) is 0 Å². The summed E-state index contributed by atoms with van der Waals surface area (Å²) in [5, 5.41) is 9.57. The van der Waals surface area contributed by atoms with Crippen LogP contribution in [0.3, 0.4) is 0 Å². The third kappa shape index (κ3) is 6.72. The molecule has 0 radical (unpaired) electrons. The minimum atomic E-state index is 0.177. The summed E-state index contributed by atoms with van der Waals surface area (Å²) in [6.07, 6.45) is 1.97. The van der Waals surface area contributed by atoms with Crippen LogP contribution in [0.4, 0.5) is 0 Å². The number of benzene rings is 3. The lowest BCUT2D eigenvalue weighted by molar-refractivity contribution is 0.185. The number of aliphatic hydroxyl groups excluding tert-OH is 1. The van der Waals surface area contributed by atoms with Crippen LogP contribution in [0.1, 0.15) is 36.0 Å². The van der Waals surface area contributed by atoms with Crippen LogP contribution in [0.15, 0.2) is 84.9 Å². The van der Waals surface area contributed by atoms with Crippen LogP contribution in [0, 0.1) is 0 Å². The van der Waals surface area contributed by atoms with Gasteiger partial charge in [-0.2, -0.15) is 0 Å². The maximum atomic E-state index is 9.57. The highest BCUT2D eigenvalue weighted by molar-refractivity contribution is 5.35. The second-order valence-electron chi connectivity index (χ2n) is 7.63. The van der Waals surface area contributed by atoms with Gasteiger partial charge in [0.15, 0.2) is 0 Å². The summed E-state index contributed by atoms with van der Waals surface area (Å²) in [7, 11) is 0. The van der Waals surface area contributed by atoms with Crippen molar-refractivity contribution in [2.45, 2.75) is 32.2 Å². The molecule has 3 aromatic carbocycles. The van der Waals surface area contributed by atoms with Crippen LogP contribution in [-0.2, 0) is 13.0 Å². The molecule has 158 valence electrons. The highest BCUT2D eigenvalue weighted by Gasteiger charge is 2.17. The van der Waals surface area contributed by atoms with E-state index in [1.807, 2.05) is 19.1 Å². The van der Waals surface area contributed by atoms with E-state index < -0.39 is 0 Å². The van der Waals surface area contributed by atoms with Crippen LogP contribution in [0.2, 0.25) is 0 Å². The molecule has 3 heteroatoms. The van der Waals surface area contributed by atoms with Gasteiger partial charge in [0.2, 0.25) is 0 Å². The zero-order valence-corrected chi connectivity index (χ0v) is 17.9. The Morgan fingerprint density at radius 1 is 0.833 bits per heavy atom. The van der Waals surface area contributed by atoms with Crippen molar-refractivity contribution in [3.63, 3.8) is 0 Å². The summed E-state index contributed by atoms with van der Waals surface area (Å²) < 4.78 is 5.87. The SMILES string of the molecule is CCOc1ccccc1C[C@H](CCN(CCO)Cc1ccccc1)c1ccccc1. The van der Waals surface area contributed by atoms with Gasteiger partial charge in [0.05, 0.1) is 13.2 Å². The van der Waals surface area contributed by atoms with Crippen LogP contribution in [0.5, 0.6) is 5.75 Å². The Morgan fingerprint density at radius 2 is 1.50 bits per heavy atom. The van der Waals surface area contributed by atoms with E-state index in [9.17, 15) is 5.11 Å². The molecule has 0 fully saturated rings. The fraction of sp³-hybridized carbons (Fsp3) is 0.333. The number of rotatable bonds is 12. The van der Waals surface area contributed by atoms with Crippen molar-refractivity contribution in [3.8, 4) is 5.75 Å². The van der Waals surface area contributed by atoms with Crippen molar-refractivity contribution in [3.05, 3.63) is 102 Å². The molecule has 0 heterocycles. The molecule has 0 saturated heterocycles. The molecule has 0 aliphatic rings. The van der Waals surface area contributed by atoms with Crippen LogP contribution in [-0.4, -0.2) is 36.3 Å². The van der Waals surface area contributed by atoms with Gasteiger partial charge in [-0.1, -0.05) is 78.9 Å². The highest BCUT2D eigenvalue weighted by Crippen LogP contribution is 2.29. The average Bonchev–Trinajstić information content (AvgIpc) is 2.79. The van der Waals surface area contributed by atoms with Crippen LogP contribution < -0.4 is 4.74 Å². The topological polar surface area (TPSA) is 32.7 Å². The van der Waals surface area contributed by atoms with E-state index in [0.29, 0.717) is 19.1 Å². The summed E-state index contributed by atoms with van der Waals surface area (Å²) in [6, 6.07) is 29.6. The maximum Gasteiger partial charge on any atom is 0.122 e. The normalized spacial score (nSPS) is 12.1. The van der Waals surface area contributed by atoms with Crippen LogP contribution >= 0.6 is 0 Å². The second kappa shape index (κ2) is 12.2. The zero-order chi connectivity index (χ0) is 21.0. The predicted octanol–water partition coefficient (Wildman–Crippen LogP) is 5.30. The molecule has 3 aromatic rings. The summed E-state index contributed by atoms with van der Waals surface area (Å²) in [5.74, 6) is 1.38. The Labute approximate surface area is 180 Å². The van der Waals surface area contributed by atoms with E-state index in [1.54, 1.807) is 0 Å². The lowest BCUT2D eigenvalue weighted by atomic mass is 9.88. The van der Waals surface area contributed by atoms with E-state index in [0.717, 1.165) is 31.7 Å². The molecule has 1 atom stereocenters. The molecule has 0 saturated carbocycles. The molecule has 1 N–H and O–H groups in total. The number of hydrogen-bond donors (Lipinski definition) is 1. The van der Waals surface area contributed by atoms with E-state index >= 15 is 0 Å².